The standard InChI is InChI=1S/C21H27N3O/c1-16-5-6-19(10-17(16)2)14-24-9-7-20(15-24)13-23-21(25)11-18-4-3-8-22-12-18/h3-6,8,10,12,20H,7,9,11,13-15H2,1-2H3,(H,23,25)/t20-/m1/s1. The molecule has 132 valence electrons. The van der Waals surface area contributed by atoms with E-state index in [0.717, 1.165) is 38.2 Å². The Labute approximate surface area is 150 Å². The summed E-state index contributed by atoms with van der Waals surface area (Å²) in [6.07, 6.45) is 5.04. The van der Waals surface area contributed by atoms with E-state index in [4.69, 9.17) is 0 Å². The molecule has 4 nitrogen and oxygen atoms in total. The highest BCUT2D eigenvalue weighted by atomic mass is 16.1. The van der Waals surface area contributed by atoms with Crippen LogP contribution in [0.2, 0.25) is 0 Å². The van der Waals surface area contributed by atoms with Crippen LogP contribution < -0.4 is 5.32 Å². The monoisotopic (exact) mass is 337 g/mol. The van der Waals surface area contributed by atoms with E-state index in [1.165, 1.54) is 16.7 Å². The van der Waals surface area contributed by atoms with Gasteiger partial charge in [-0.15, -0.1) is 0 Å². The van der Waals surface area contributed by atoms with E-state index in [2.05, 4.69) is 47.2 Å². The van der Waals surface area contributed by atoms with Crippen molar-refractivity contribution >= 4 is 5.91 Å². The molecule has 1 fully saturated rings. The summed E-state index contributed by atoms with van der Waals surface area (Å²) in [7, 11) is 0. The third-order valence-corrected chi connectivity index (χ3v) is 5.02. The molecular formula is C21H27N3O. The van der Waals surface area contributed by atoms with E-state index in [9.17, 15) is 4.79 Å². The number of carbonyl (C=O) groups is 1. The highest BCUT2D eigenvalue weighted by Crippen LogP contribution is 2.19. The molecule has 1 aliphatic rings. The molecule has 1 aromatic carbocycles. The molecule has 4 heteroatoms. The largest absolute Gasteiger partial charge is 0.355 e. The topological polar surface area (TPSA) is 45.2 Å². The van der Waals surface area contributed by atoms with Crippen molar-refractivity contribution in [1.82, 2.24) is 15.2 Å². The van der Waals surface area contributed by atoms with Gasteiger partial charge < -0.3 is 5.32 Å². The Bertz CT molecular complexity index is 714. The molecule has 3 rings (SSSR count). The van der Waals surface area contributed by atoms with Gasteiger partial charge in [0.25, 0.3) is 0 Å². The molecule has 1 aromatic heterocycles. The minimum atomic E-state index is 0.0839. The average Bonchev–Trinajstić information content (AvgIpc) is 3.05. The fourth-order valence-corrected chi connectivity index (χ4v) is 3.39. The van der Waals surface area contributed by atoms with Crippen LogP contribution in [0, 0.1) is 19.8 Å². The summed E-state index contributed by atoms with van der Waals surface area (Å²) in [6.45, 7) is 8.25. The van der Waals surface area contributed by atoms with Crippen LogP contribution in [0.5, 0.6) is 0 Å². The molecular weight excluding hydrogens is 310 g/mol. The van der Waals surface area contributed by atoms with Crippen LogP contribution >= 0.6 is 0 Å². The van der Waals surface area contributed by atoms with Crippen molar-refractivity contribution in [3.05, 3.63) is 65.0 Å². The van der Waals surface area contributed by atoms with Crippen LogP contribution in [0.25, 0.3) is 0 Å². The molecule has 2 heterocycles. The summed E-state index contributed by atoms with van der Waals surface area (Å²) in [5, 5.41) is 3.08. The first-order valence-corrected chi connectivity index (χ1v) is 9.04. The molecule has 0 saturated carbocycles. The maximum atomic E-state index is 12.1. The molecule has 0 aliphatic carbocycles. The van der Waals surface area contributed by atoms with Crippen molar-refractivity contribution in [3.63, 3.8) is 0 Å². The number of amides is 1. The number of aromatic nitrogens is 1. The number of benzene rings is 1. The fourth-order valence-electron chi connectivity index (χ4n) is 3.39. The lowest BCUT2D eigenvalue weighted by atomic mass is 10.1. The van der Waals surface area contributed by atoms with Gasteiger partial charge in [-0.25, -0.2) is 0 Å². The summed E-state index contributed by atoms with van der Waals surface area (Å²) in [5.74, 6) is 0.630. The first kappa shape index (κ1) is 17.6. The molecule has 0 bridgehead atoms. The number of nitrogens with one attached hydrogen (secondary N) is 1. The first-order valence-electron chi connectivity index (χ1n) is 9.04. The second-order valence-corrected chi connectivity index (χ2v) is 7.15. The molecule has 25 heavy (non-hydrogen) atoms. The van der Waals surface area contributed by atoms with Crippen molar-refractivity contribution in [2.24, 2.45) is 5.92 Å². The van der Waals surface area contributed by atoms with Gasteiger partial charge in [-0.1, -0.05) is 24.3 Å². The van der Waals surface area contributed by atoms with Crippen LogP contribution in [0.15, 0.2) is 42.7 Å². The highest BCUT2D eigenvalue weighted by Gasteiger charge is 2.22. The zero-order chi connectivity index (χ0) is 17.6. The molecule has 0 spiro atoms. The minimum Gasteiger partial charge on any atom is -0.355 e. The number of carbonyl (C=O) groups excluding carboxylic acids is 1. The third-order valence-electron chi connectivity index (χ3n) is 5.02. The smallest absolute Gasteiger partial charge is 0.224 e. The molecule has 1 saturated heterocycles. The molecule has 1 amide bonds. The molecule has 0 unspecified atom stereocenters. The predicted molar refractivity (Wildman–Crippen MR) is 100 cm³/mol. The lowest BCUT2D eigenvalue weighted by Crippen LogP contribution is -2.32. The number of nitrogens with zero attached hydrogens (tertiary/aromatic N) is 2. The summed E-state index contributed by atoms with van der Waals surface area (Å²) in [5.41, 5.74) is 5.04. The second kappa shape index (κ2) is 8.26. The molecule has 1 aliphatic heterocycles. The number of rotatable bonds is 6. The SMILES string of the molecule is Cc1ccc(CN2CC[C@H](CNC(=O)Cc3cccnc3)C2)cc1C. The predicted octanol–water partition coefficient (Wildman–Crippen LogP) is 2.88. The zero-order valence-corrected chi connectivity index (χ0v) is 15.2. The van der Waals surface area contributed by atoms with E-state index >= 15 is 0 Å². The molecule has 2 aromatic rings. The van der Waals surface area contributed by atoms with Crippen molar-refractivity contribution in [1.29, 1.82) is 0 Å². The Morgan fingerprint density at radius 2 is 2.12 bits per heavy atom. The minimum absolute atomic E-state index is 0.0839. The van der Waals surface area contributed by atoms with E-state index < -0.39 is 0 Å². The van der Waals surface area contributed by atoms with Gasteiger partial charge >= 0.3 is 0 Å². The molecule has 1 atom stereocenters. The average molecular weight is 337 g/mol. The number of likely N-dealkylation sites (tertiary alicyclic amines) is 1. The van der Waals surface area contributed by atoms with Gasteiger partial charge in [0, 0.05) is 32.0 Å². The van der Waals surface area contributed by atoms with Crippen molar-refractivity contribution in [3.8, 4) is 0 Å². The highest BCUT2D eigenvalue weighted by molar-refractivity contribution is 5.78. The first-order chi connectivity index (χ1) is 12.1. The maximum absolute atomic E-state index is 12.1. The summed E-state index contributed by atoms with van der Waals surface area (Å²) >= 11 is 0. The number of hydrogen-bond acceptors (Lipinski definition) is 3. The van der Waals surface area contributed by atoms with Gasteiger partial charge in [-0.2, -0.15) is 0 Å². The van der Waals surface area contributed by atoms with Gasteiger partial charge in [-0.05, 0) is 61.1 Å². The summed E-state index contributed by atoms with van der Waals surface area (Å²) in [4.78, 5) is 18.6. The van der Waals surface area contributed by atoms with Crippen LogP contribution in [0.4, 0.5) is 0 Å². The van der Waals surface area contributed by atoms with E-state index in [1.54, 1.807) is 12.4 Å². The van der Waals surface area contributed by atoms with Crippen LogP contribution in [-0.2, 0) is 17.8 Å². The van der Waals surface area contributed by atoms with Crippen molar-refractivity contribution in [2.45, 2.75) is 33.2 Å². The van der Waals surface area contributed by atoms with Crippen molar-refractivity contribution < 1.29 is 4.79 Å². The van der Waals surface area contributed by atoms with Crippen LogP contribution in [0.1, 0.15) is 28.7 Å². The van der Waals surface area contributed by atoms with Gasteiger partial charge in [0.15, 0.2) is 0 Å². The third kappa shape index (κ3) is 5.13. The number of pyridine rings is 1. The Morgan fingerprint density at radius 1 is 1.24 bits per heavy atom. The lowest BCUT2D eigenvalue weighted by molar-refractivity contribution is -0.120. The van der Waals surface area contributed by atoms with E-state index in [-0.39, 0.29) is 5.91 Å². The van der Waals surface area contributed by atoms with Gasteiger partial charge in [-0.3, -0.25) is 14.7 Å². The Hall–Kier alpha value is -2.20. The van der Waals surface area contributed by atoms with Crippen molar-refractivity contribution in [2.75, 3.05) is 19.6 Å². The van der Waals surface area contributed by atoms with Gasteiger partial charge in [0.1, 0.15) is 0 Å². The Balaban J connectivity index is 1.42. The fraction of sp³-hybridized carbons (Fsp3) is 0.429. The van der Waals surface area contributed by atoms with Crippen LogP contribution in [-0.4, -0.2) is 35.4 Å². The zero-order valence-electron chi connectivity index (χ0n) is 15.2. The maximum Gasteiger partial charge on any atom is 0.224 e. The van der Waals surface area contributed by atoms with E-state index in [0.29, 0.717) is 12.3 Å². The summed E-state index contributed by atoms with van der Waals surface area (Å²) < 4.78 is 0. The molecule has 0 radical (unpaired) electrons. The Morgan fingerprint density at radius 3 is 2.88 bits per heavy atom. The number of hydrogen-bond donors (Lipinski definition) is 1. The summed E-state index contributed by atoms with van der Waals surface area (Å²) in [6, 6.07) is 10.5. The van der Waals surface area contributed by atoms with Gasteiger partial charge in [0.2, 0.25) is 5.91 Å². The quantitative estimate of drug-likeness (QED) is 0.881. The molecule has 1 N–H and O–H groups in total. The second-order valence-electron chi connectivity index (χ2n) is 7.15. The Kier molecular flexibility index (Phi) is 5.82. The van der Waals surface area contributed by atoms with Crippen LogP contribution in [0.3, 0.4) is 0 Å². The van der Waals surface area contributed by atoms with E-state index in [1.807, 2.05) is 12.1 Å². The lowest BCUT2D eigenvalue weighted by Gasteiger charge is -2.17. The normalized spacial score (nSPS) is 17.6. The number of aryl methyl sites for hydroxylation is 2. The van der Waals surface area contributed by atoms with Gasteiger partial charge in [0.05, 0.1) is 6.42 Å².